The molecule has 6 nitrogen and oxygen atoms in total. The number of carbonyl (C=O) groups is 2. The standard InChI is InChI=1S/C23H22N2O4/c1-28-16-8-11-21(29-2)18(14-16)24-23(27)17-12-13-25-19(17)9-10-20(25)22(26)15-6-4-3-5-7-15/h3-11,14,17H,12-13H2,1-2H3,(H,24,27)/t17-/m0/s1. The number of aromatic nitrogens is 1. The molecule has 148 valence electrons. The summed E-state index contributed by atoms with van der Waals surface area (Å²) in [6.07, 6.45) is 0.642. The fraction of sp³-hybridized carbons (Fsp3) is 0.217. The third-order valence-corrected chi connectivity index (χ3v) is 5.26. The highest BCUT2D eigenvalue weighted by Crippen LogP contribution is 2.34. The summed E-state index contributed by atoms with van der Waals surface area (Å²) >= 11 is 0. The van der Waals surface area contributed by atoms with Gasteiger partial charge in [0.15, 0.2) is 0 Å². The lowest BCUT2D eigenvalue weighted by Crippen LogP contribution is -2.20. The molecule has 1 atom stereocenters. The average molecular weight is 390 g/mol. The zero-order chi connectivity index (χ0) is 20.4. The summed E-state index contributed by atoms with van der Waals surface area (Å²) in [7, 11) is 3.13. The molecule has 29 heavy (non-hydrogen) atoms. The molecule has 0 aliphatic carbocycles. The number of amides is 1. The maximum Gasteiger partial charge on any atom is 0.233 e. The van der Waals surface area contributed by atoms with Gasteiger partial charge in [0.2, 0.25) is 11.7 Å². The minimum atomic E-state index is -0.330. The Bertz CT molecular complexity index is 1060. The predicted molar refractivity (Wildman–Crippen MR) is 110 cm³/mol. The van der Waals surface area contributed by atoms with Crippen LogP contribution in [0.15, 0.2) is 60.7 Å². The van der Waals surface area contributed by atoms with Crippen LogP contribution >= 0.6 is 0 Å². The number of hydrogen-bond acceptors (Lipinski definition) is 4. The van der Waals surface area contributed by atoms with Crippen LogP contribution in [0, 0.1) is 0 Å². The Kier molecular flexibility index (Phi) is 5.08. The van der Waals surface area contributed by atoms with Crippen molar-refractivity contribution in [1.29, 1.82) is 0 Å². The molecule has 1 amide bonds. The van der Waals surface area contributed by atoms with E-state index in [0.29, 0.717) is 41.4 Å². The Morgan fingerprint density at radius 2 is 1.79 bits per heavy atom. The van der Waals surface area contributed by atoms with Crippen molar-refractivity contribution in [3.05, 3.63) is 77.6 Å². The van der Waals surface area contributed by atoms with E-state index in [9.17, 15) is 9.59 Å². The Balaban J connectivity index is 1.57. The predicted octanol–water partition coefficient (Wildman–Crippen LogP) is 3.86. The summed E-state index contributed by atoms with van der Waals surface area (Å²) in [5, 5.41) is 2.95. The lowest BCUT2D eigenvalue weighted by molar-refractivity contribution is -0.117. The molecule has 0 saturated heterocycles. The van der Waals surface area contributed by atoms with Gasteiger partial charge < -0.3 is 19.4 Å². The molecule has 2 heterocycles. The monoisotopic (exact) mass is 390 g/mol. The zero-order valence-electron chi connectivity index (χ0n) is 16.3. The third kappa shape index (κ3) is 3.49. The highest BCUT2D eigenvalue weighted by atomic mass is 16.5. The van der Waals surface area contributed by atoms with E-state index in [4.69, 9.17) is 9.47 Å². The number of methoxy groups -OCH3 is 2. The molecule has 0 fully saturated rings. The summed E-state index contributed by atoms with van der Waals surface area (Å²) in [5.41, 5.74) is 2.66. The molecule has 1 aliphatic rings. The zero-order valence-corrected chi connectivity index (χ0v) is 16.3. The van der Waals surface area contributed by atoms with Crippen LogP contribution in [0.5, 0.6) is 11.5 Å². The first kappa shape index (κ1) is 18.8. The van der Waals surface area contributed by atoms with Gasteiger partial charge in [0.1, 0.15) is 11.5 Å². The molecule has 1 N–H and O–H groups in total. The Morgan fingerprint density at radius 1 is 1.00 bits per heavy atom. The minimum Gasteiger partial charge on any atom is -0.497 e. The van der Waals surface area contributed by atoms with Gasteiger partial charge in [-0.1, -0.05) is 30.3 Å². The van der Waals surface area contributed by atoms with Crippen molar-refractivity contribution in [1.82, 2.24) is 4.57 Å². The van der Waals surface area contributed by atoms with Crippen molar-refractivity contribution in [3.8, 4) is 11.5 Å². The Morgan fingerprint density at radius 3 is 2.52 bits per heavy atom. The van der Waals surface area contributed by atoms with Crippen LogP contribution in [0.1, 0.15) is 34.1 Å². The number of nitrogens with zero attached hydrogens (tertiary/aromatic N) is 1. The maximum atomic E-state index is 13.0. The summed E-state index contributed by atoms with van der Waals surface area (Å²) in [4.78, 5) is 25.8. The van der Waals surface area contributed by atoms with Crippen molar-refractivity contribution in [2.75, 3.05) is 19.5 Å². The molecule has 4 rings (SSSR count). The molecule has 6 heteroatoms. The van der Waals surface area contributed by atoms with Gasteiger partial charge in [0.25, 0.3) is 0 Å². The molecule has 0 radical (unpaired) electrons. The molecule has 0 saturated carbocycles. The number of rotatable bonds is 6. The van der Waals surface area contributed by atoms with Crippen molar-refractivity contribution in [2.45, 2.75) is 18.9 Å². The summed E-state index contributed by atoms with van der Waals surface area (Å²) in [5.74, 6) is 0.696. The summed E-state index contributed by atoms with van der Waals surface area (Å²) < 4.78 is 12.5. The first-order valence-corrected chi connectivity index (χ1v) is 9.44. The molecular weight excluding hydrogens is 368 g/mol. The second kappa shape index (κ2) is 7.83. The van der Waals surface area contributed by atoms with Gasteiger partial charge in [-0.3, -0.25) is 9.59 Å². The molecule has 1 aromatic heterocycles. The topological polar surface area (TPSA) is 69.6 Å². The number of ether oxygens (including phenoxy) is 2. The fourth-order valence-corrected chi connectivity index (χ4v) is 3.78. The van der Waals surface area contributed by atoms with Crippen LogP contribution in [0.4, 0.5) is 5.69 Å². The molecule has 0 bridgehead atoms. The van der Waals surface area contributed by atoms with Crippen LogP contribution in [0.25, 0.3) is 0 Å². The molecule has 1 aliphatic heterocycles. The summed E-state index contributed by atoms with van der Waals surface area (Å²) in [6, 6.07) is 18.1. The van der Waals surface area contributed by atoms with Crippen LogP contribution in [-0.2, 0) is 11.3 Å². The minimum absolute atomic E-state index is 0.0348. The van der Waals surface area contributed by atoms with E-state index in [1.807, 2.05) is 28.8 Å². The largest absolute Gasteiger partial charge is 0.497 e. The lowest BCUT2D eigenvalue weighted by atomic mass is 10.0. The van der Waals surface area contributed by atoms with E-state index in [1.165, 1.54) is 0 Å². The highest BCUT2D eigenvalue weighted by molar-refractivity contribution is 6.08. The van der Waals surface area contributed by atoms with E-state index >= 15 is 0 Å². The Hall–Kier alpha value is -3.54. The van der Waals surface area contributed by atoms with E-state index in [2.05, 4.69) is 5.32 Å². The quantitative estimate of drug-likeness (QED) is 0.649. The number of anilines is 1. The van der Waals surface area contributed by atoms with Crippen LogP contribution in [-0.4, -0.2) is 30.5 Å². The highest BCUT2D eigenvalue weighted by Gasteiger charge is 2.32. The number of benzene rings is 2. The van der Waals surface area contributed by atoms with E-state index in [-0.39, 0.29) is 17.6 Å². The first-order valence-electron chi connectivity index (χ1n) is 9.44. The molecular formula is C23H22N2O4. The number of nitrogens with one attached hydrogen (secondary N) is 1. The van der Waals surface area contributed by atoms with Gasteiger partial charge in [-0.25, -0.2) is 0 Å². The maximum absolute atomic E-state index is 13.0. The van der Waals surface area contributed by atoms with Gasteiger partial charge in [-0.05, 0) is 30.7 Å². The lowest BCUT2D eigenvalue weighted by Gasteiger charge is -2.14. The van der Waals surface area contributed by atoms with Gasteiger partial charge in [-0.15, -0.1) is 0 Å². The van der Waals surface area contributed by atoms with Gasteiger partial charge in [-0.2, -0.15) is 0 Å². The second-order valence-electron chi connectivity index (χ2n) is 6.89. The van der Waals surface area contributed by atoms with Crippen molar-refractivity contribution < 1.29 is 19.1 Å². The number of fused-ring (bicyclic) bond motifs is 1. The average Bonchev–Trinajstić information content (AvgIpc) is 3.36. The molecule has 3 aromatic rings. The van der Waals surface area contributed by atoms with E-state index in [0.717, 1.165) is 5.69 Å². The second-order valence-corrected chi connectivity index (χ2v) is 6.89. The number of carbonyl (C=O) groups excluding carboxylic acids is 2. The molecule has 0 spiro atoms. The smallest absolute Gasteiger partial charge is 0.233 e. The van der Waals surface area contributed by atoms with Crippen LogP contribution in [0.2, 0.25) is 0 Å². The first-order chi connectivity index (χ1) is 14.1. The normalized spacial score (nSPS) is 14.9. The SMILES string of the molecule is COc1ccc(OC)c(NC(=O)[C@H]2CCn3c(C(=O)c4ccccc4)ccc32)c1. The van der Waals surface area contributed by atoms with Gasteiger partial charge in [0, 0.05) is 23.9 Å². The number of ketones is 1. The summed E-state index contributed by atoms with van der Waals surface area (Å²) in [6.45, 7) is 0.629. The fourth-order valence-electron chi connectivity index (χ4n) is 3.78. The third-order valence-electron chi connectivity index (χ3n) is 5.26. The van der Waals surface area contributed by atoms with E-state index < -0.39 is 0 Å². The van der Waals surface area contributed by atoms with Gasteiger partial charge >= 0.3 is 0 Å². The van der Waals surface area contributed by atoms with E-state index in [1.54, 1.807) is 50.6 Å². The van der Waals surface area contributed by atoms with Crippen LogP contribution in [0.3, 0.4) is 0 Å². The van der Waals surface area contributed by atoms with Crippen molar-refractivity contribution in [2.24, 2.45) is 0 Å². The van der Waals surface area contributed by atoms with Crippen molar-refractivity contribution in [3.63, 3.8) is 0 Å². The molecule has 0 unspecified atom stereocenters. The molecule has 2 aromatic carbocycles. The van der Waals surface area contributed by atoms with Gasteiger partial charge in [0.05, 0.1) is 31.5 Å². The van der Waals surface area contributed by atoms with Crippen molar-refractivity contribution >= 4 is 17.4 Å². The Labute approximate surface area is 169 Å². The number of hydrogen-bond donors (Lipinski definition) is 1. The van der Waals surface area contributed by atoms with Crippen LogP contribution < -0.4 is 14.8 Å².